The van der Waals surface area contributed by atoms with E-state index in [4.69, 9.17) is 10.7 Å². The van der Waals surface area contributed by atoms with Gasteiger partial charge in [-0.05, 0) is 50.0 Å². The number of guanidine groups is 1. The first-order chi connectivity index (χ1) is 13.1. The first-order valence-electron chi connectivity index (χ1n) is 10.2. The fourth-order valence-electron chi connectivity index (χ4n) is 3.81. The zero-order valence-electron chi connectivity index (χ0n) is 16.4. The number of carbonyl (C=O) groups excluding carboxylic acids is 1. The van der Waals surface area contributed by atoms with Crippen LogP contribution in [0, 0.1) is 5.41 Å². The van der Waals surface area contributed by atoms with Crippen LogP contribution < -0.4 is 16.4 Å². The Morgan fingerprint density at radius 2 is 1.96 bits per heavy atom. The Kier molecular flexibility index (Phi) is 6.72. The summed E-state index contributed by atoms with van der Waals surface area (Å²) in [5.41, 5.74) is 7.04. The van der Waals surface area contributed by atoms with E-state index in [1.54, 1.807) is 0 Å². The minimum Gasteiger partial charge on any atom is -0.369 e. The Bertz CT molecular complexity index is 633. The van der Waals surface area contributed by atoms with Crippen molar-refractivity contribution in [2.24, 2.45) is 16.1 Å². The zero-order chi connectivity index (χ0) is 19.1. The molecule has 6 heteroatoms. The van der Waals surface area contributed by atoms with Crippen LogP contribution >= 0.6 is 0 Å². The van der Waals surface area contributed by atoms with Gasteiger partial charge in [0.2, 0.25) is 5.91 Å². The molecule has 0 radical (unpaired) electrons. The van der Waals surface area contributed by atoms with E-state index in [1.807, 2.05) is 0 Å². The lowest BCUT2D eigenvalue weighted by Crippen LogP contribution is -2.50. The van der Waals surface area contributed by atoms with E-state index in [0.717, 1.165) is 51.4 Å². The van der Waals surface area contributed by atoms with Gasteiger partial charge in [0.25, 0.3) is 0 Å². The Balaban J connectivity index is 1.50. The summed E-state index contributed by atoms with van der Waals surface area (Å²) in [5.74, 6) is 0.676. The molecule has 2 fully saturated rings. The second-order valence-corrected chi connectivity index (χ2v) is 8.02. The van der Waals surface area contributed by atoms with Crippen molar-refractivity contribution in [1.29, 1.82) is 0 Å². The summed E-state index contributed by atoms with van der Waals surface area (Å²) >= 11 is 0. The maximum Gasteiger partial charge on any atom is 0.231 e. The molecule has 1 saturated heterocycles. The summed E-state index contributed by atoms with van der Waals surface area (Å²) in [6.45, 7) is 6.00. The Morgan fingerprint density at radius 3 is 2.56 bits per heavy atom. The fraction of sp³-hybridized carbons (Fsp3) is 0.619. The van der Waals surface area contributed by atoms with Gasteiger partial charge in [0.05, 0.1) is 6.54 Å². The molecule has 0 bridgehead atoms. The highest BCUT2D eigenvalue weighted by Crippen LogP contribution is 2.48. The predicted octanol–water partition coefficient (Wildman–Crippen LogP) is 1.51. The molecule has 0 aromatic heterocycles. The van der Waals surface area contributed by atoms with Gasteiger partial charge in [-0.2, -0.15) is 0 Å². The number of likely N-dealkylation sites (tertiary alicyclic amines) is 1. The van der Waals surface area contributed by atoms with Crippen LogP contribution in [0.5, 0.6) is 0 Å². The topological polar surface area (TPSA) is 82.8 Å². The van der Waals surface area contributed by atoms with Crippen LogP contribution in [0.2, 0.25) is 0 Å². The van der Waals surface area contributed by atoms with Gasteiger partial charge in [0, 0.05) is 32.2 Å². The zero-order valence-corrected chi connectivity index (χ0v) is 16.4. The highest BCUT2D eigenvalue weighted by molar-refractivity contribution is 5.80. The first-order valence-corrected chi connectivity index (χ1v) is 10.2. The number of nitrogens with two attached hydrogens (primary N) is 1. The lowest BCUT2D eigenvalue weighted by Gasteiger charge is -2.32. The van der Waals surface area contributed by atoms with Crippen LogP contribution in [-0.2, 0) is 11.2 Å². The molecule has 1 aliphatic heterocycles. The van der Waals surface area contributed by atoms with E-state index in [0.29, 0.717) is 18.0 Å². The number of nitrogens with one attached hydrogen (secondary N) is 2. The SMILES string of the molecule is CCNC(=NCC1(Cc2ccccc2)CC1)NC1CCN(CC(N)=O)CC1. The van der Waals surface area contributed by atoms with Crippen LogP contribution in [0.15, 0.2) is 35.3 Å². The molecule has 148 valence electrons. The van der Waals surface area contributed by atoms with E-state index < -0.39 is 0 Å². The van der Waals surface area contributed by atoms with E-state index >= 15 is 0 Å². The second kappa shape index (κ2) is 9.22. The molecule has 1 amide bonds. The van der Waals surface area contributed by atoms with E-state index in [2.05, 4.69) is 52.8 Å². The molecule has 1 aromatic rings. The molecule has 1 heterocycles. The van der Waals surface area contributed by atoms with Gasteiger partial charge < -0.3 is 16.4 Å². The van der Waals surface area contributed by atoms with Crippen molar-refractivity contribution in [3.05, 3.63) is 35.9 Å². The molecule has 6 nitrogen and oxygen atoms in total. The summed E-state index contributed by atoms with van der Waals surface area (Å²) in [6.07, 6.45) is 5.65. The summed E-state index contributed by atoms with van der Waals surface area (Å²) in [5, 5.41) is 6.98. The summed E-state index contributed by atoms with van der Waals surface area (Å²) in [7, 11) is 0. The fourth-order valence-corrected chi connectivity index (χ4v) is 3.81. The number of amides is 1. The number of nitrogens with zero attached hydrogens (tertiary/aromatic N) is 2. The molecule has 27 heavy (non-hydrogen) atoms. The normalized spacial score (nSPS) is 20.3. The van der Waals surface area contributed by atoms with Crippen LogP contribution in [0.3, 0.4) is 0 Å². The number of hydrogen-bond acceptors (Lipinski definition) is 3. The average molecular weight is 372 g/mol. The summed E-state index contributed by atoms with van der Waals surface area (Å²) in [6, 6.07) is 11.1. The van der Waals surface area contributed by atoms with Crippen LogP contribution in [0.4, 0.5) is 0 Å². The summed E-state index contributed by atoms with van der Waals surface area (Å²) in [4.78, 5) is 18.1. The number of carbonyl (C=O) groups is 1. The molecular weight excluding hydrogens is 338 g/mol. The van der Waals surface area contributed by atoms with Gasteiger partial charge in [-0.15, -0.1) is 0 Å². The van der Waals surface area contributed by atoms with Gasteiger partial charge in [-0.25, -0.2) is 0 Å². The first kappa shape index (κ1) is 19.7. The molecular formula is C21H33N5O. The summed E-state index contributed by atoms with van der Waals surface area (Å²) < 4.78 is 0. The van der Waals surface area contributed by atoms with Crippen molar-refractivity contribution in [3.63, 3.8) is 0 Å². The van der Waals surface area contributed by atoms with Gasteiger partial charge in [-0.1, -0.05) is 30.3 Å². The third-order valence-corrected chi connectivity index (χ3v) is 5.60. The third-order valence-electron chi connectivity index (χ3n) is 5.60. The molecule has 0 atom stereocenters. The highest BCUT2D eigenvalue weighted by Gasteiger charge is 2.42. The van der Waals surface area contributed by atoms with Crippen molar-refractivity contribution in [3.8, 4) is 0 Å². The molecule has 1 saturated carbocycles. The smallest absolute Gasteiger partial charge is 0.231 e. The van der Waals surface area contributed by atoms with Gasteiger partial charge >= 0.3 is 0 Å². The van der Waals surface area contributed by atoms with Crippen LogP contribution in [-0.4, -0.2) is 55.5 Å². The monoisotopic (exact) mass is 371 g/mol. The van der Waals surface area contributed by atoms with E-state index in [9.17, 15) is 4.79 Å². The Hall–Kier alpha value is -2.08. The van der Waals surface area contributed by atoms with E-state index in [-0.39, 0.29) is 5.91 Å². The third kappa shape index (κ3) is 6.24. The number of primary amides is 1. The lowest BCUT2D eigenvalue weighted by atomic mass is 9.97. The maximum atomic E-state index is 11.1. The van der Waals surface area contributed by atoms with E-state index in [1.165, 1.54) is 18.4 Å². The largest absolute Gasteiger partial charge is 0.369 e. The van der Waals surface area contributed by atoms with Crippen LogP contribution in [0.1, 0.15) is 38.2 Å². The van der Waals surface area contributed by atoms with Crippen molar-refractivity contribution in [2.45, 2.75) is 45.1 Å². The van der Waals surface area contributed by atoms with Crippen molar-refractivity contribution in [2.75, 3.05) is 32.7 Å². The van der Waals surface area contributed by atoms with Gasteiger partial charge in [0.1, 0.15) is 0 Å². The van der Waals surface area contributed by atoms with Gasteiger partial charge in [-0.3, -0.25) is 14.7 Å². The van der Waals surface area contributed by atoms with Crippen molar-refractivity contribution < 1.29 is 4.79 Å². The standard InChI is InChI=1S/C21H33N5O/c1-2-23-20(25-18-8-12-26(13-9-18)15-19(22)27)24-16-21(10-11-21)14-17-6-4-3-5-7-17/h3-7,18H,2,8-16H2,1H3,(H2,22,27)(H2,23,24,25). The number of benzene rings is 1. The molecule has 4 N–H and O–H groups in total. The van der Waals surface area contributed by atoms with Gasteiger partial charge in [0.15, 0.2) is 5.96 Å². The quantitative estimate of drug-likeness (QED) is 0.478. The minimum atomic E-state index is -0.246. The second-order valence-electron chi connectivity index (χ2n) is 8.02. The number of rotatable bonds is 8. The van der Waals surface area contributed by atoms with Crippen molar-refractivity contribution in [1.82, 2.24) is 15.5 Å². The molecule has 1 aliphatic carbocycles. The van der Waals surface area contributed by atoms with Crippen molar-refractivity contribution >= 4 is 11.9 Å². The Labute approximate surface area is 162 Å². The highest BCUT2D eigenvalue weighted by atomic mass is 16.1. The number of aliphatic imine (C=N–C) groups is 1. The Morgan fingerprint density at radius 1 is 1.26 bits per heavy atom. The molecule has 0 spiro atoms. The molecule has 3 rings (SSSR count). The number of piperidine rings is 1. The molecule has 1 aromatic carbocycles. The predicted molar refractivity (Wildman–Crippen MR) is 110 cm³/mol. The average Bonchev–Trinajstić information content (AvgIpc) is 3.42. The maximum absolute atomic E-state index is 11.1. The van der Waals surface area contributed by atoms with Crippen LogP contribution in [0.25, 0.3) is 0 Å². The minimum absolute atomic E-state index is 0.246. The number of hydrogen-bond donors (Lipinski definition) is 3. The molecule has 2 aliphatic rings. The lowest BCUT2D eigenvalue weighted by molar-refractivity contribution is -0.119. The molecule has 0 unspecified atom stereocenters.